The van der Waals surface area contributed by atoms with E-state index >= 15 is 0 Å². The van der Waals surface area contributed by atoms with Crippen LogP contribution in [-0.2, 0) is 10.9 Å². The predicted octanol–water partition coefficient (Wildman–Crippen LogP) is 5.08. The number of nitrogens with zero attached hydrogens (tertiary/aromatic N) is 4. The van der Waals surface area contributed by atoms with Gasteiger partial charge in [-0.05, 0) is 49.9 Å². The van der Waals surface area contributed by atoms with Crippen molar-refractivity contribution in [3.63, 3.8) is 0 Å². The molecule has 4 rings (SSSR count). The van der Waals surface area contributed by atoms with Gasteiger partial charge in [-0.2, -0.15) is 13.2 Å². The van der Waals surface area contributed by atoms with Crippen LogP contribution in [0.25, 0.3) is 16.9 Å². The van der Waals surface area contributed by atoms with Crippen LogP contribution in [0.5, 0.6) is 0 Å². The molecule has 0 atom stereocenters. The molecule has 1 aliphatic carbocycles. The van der Waals surface area contributed by atoms with Gasteiger partial charge in [0, 0.05) is 18.4 Å². The highest BCUT2D eigenvalue weighted by Crippen LogP contribution is 2.32. The van der Waals surface area contributed by atoms with Gasteiger partial charge in [-0.1, -0.05) is 12.1 Å². The molecule has 28 heavy (non-hydrogen) atoms. The zero-order valence-electron chi connectivity index (χ0n) is 15.3. The van der Waals surface area contributed by atoms with E-state index in [-0.39, 0.29) is 6.10 Å². The normalized spacial score (nSPS) is 17.9. The monoisotopic (exact) mass is 388 g/mol. The quantitative estimate of drug-likeness (QED) is 0.629. The highest BCUT2D eigenvalue weighted by Gasteiger charge is 2.30. The number of halogens is 3. The van der Waals surface area contributed by atoms with Gasteiger partial charge in [-0.15, -0.1) is 5.10 Å². The predicted molar refractivity (Wildman–Crippen MR) is 99.8 cm³/mol. The number of aliphatic imine (C=N–C) groups is 1. The number of ether oxygens (including phenoxy) is 1. The number of hydrogen-bond donors (Lipinski definition) is 0. The summed E-state index contributed by atoms with van der Waals surface area (Å²) >= 11 is 0. The fraction of sp³-hybridized carbons (Fsp3) is 0.350. The Balaban J connectivity index is 1.68. The lowest BCUT2D eigenvalue weighted by atomic mass is 9.96. The Bertz CT molecular complexity index is 1020. The van der Waals surface area contributed by atoms with E-state index in [2.05, 4.69) is 15.1 Å². The molecule has 0 bridgehead atoms. The number of methoxy groups -OCH3 is 1. The summed E-state index contributed by atoms with van der Waals surface area (Å²) in [5.74, 6) is 0.518. The second kappa shape index (κ2) is 7.35. The van der Waals surface area contributed by atoms with E-state index in [1.807, 2.05) is 0 Å². The topological polar surface area (TPSA) is 51.8 Å². The first-order valence-electron chi connectivity index (χ1n) is 9.06. The first-order chi connectivity index (χ1) is 13.4. The van der Waals surface area contributed by atoms with Crippen LogP contribution >= 0.6 is 0 Å². The van der Waals surface area contributed by atoms with Gasteiger partial charge in [-0.3, -0.25) is 0 Å². The standard InChI is InChI=1S/C20H19F3N4O/c1-28-16-7-5-15(6-8-16)25-18-9-10-19-24-12-17(27(19)26-18)13-3-2-4-14(11-13)20(21,22)23/h2-4,9-12,16H,5-8H2,1H3. The molecule has 1 fully saturated rings. The van der Waals surface area contributed by atoms with Crippen LogP contribution in [-0.4, -0.2) is 33.5 Å². The van der Waals surface area contributed by atoms with Crippen LogP contribution < -0.4 is 0 Å². The van der Waals surface area contributed by atoms with Crippen LogP contribution in [0.15, 0.2) is 47.6 Å². The zero-order chi connectivity index (χ0) is 19.7. The van der Waals surface area contributed by atoms with E-state index in [1.54, 1.807) is 25.3 Å². The minimum absolute atomic E-state index is 0.274. The Morgan fingerprint density at radius 2 is 1.93 bits per heavy atom. The van der Waals surface area contributed by atoms with E-state index in [0.717, 1.165) is 43.5 Å². The third-order valence-corrected chi connectivity index (χ3v) is 4.95. The maximum Gasteiger partial charge on any atom is 0.416 e. The molecule has 8 heteroatoms. The van der Waals surface area contributed by atoms with Gasteiger partial charge >= 0.3 is 6.18 Å². The Labute approximate surface area is 159 Å². The highest BCUT2D eigenvalue weighted by molar-refractivity contribution is 5.87. The lowest BCUT2D eigenvalue weighted by molar-refractivity contribution is -0.137. The summed E-state index contributed by atoms with van der Waals surface area (Å²) in [6, 6.07) is 8.70. The van der Waals surface area contributed by atoms with Crippen LogP contribution in [0.1, 0.15) is 31.2 Å². The average Bonchev–Trinajstić information content (AvgIpc) is 3.11. The van der Waals surface area contributed by atoms with Gasteiger partial charge in [-0.25, -0.2) is 14.5 Å². The van der Waals surface area contributed by atoms with E-state index in [1.165, 1.54) is 16.8 Å². The zero-order valence-corrected chi connectivity index (χ0v) is 15.3. The van der Waals surface area contributed by atoms with Crippen LogP contribution in [0, 0.1) is 0 Å². The van der Waals surface area contributed by atoms with E-state index in [9.17, 15) is 13.2 Å². The van der Waals surface area contributed by atoms with Gasteiger partial charge < -0.3 is 4.74 Å². The number of rotatable bonds is 3. The summed E-state index contributed by atoms with van der Waals surface area (Å²) in [4.78, 5) is 8.88. The maximum atomic E-state index is 13.0. The van der Waals surface area contributed by atoms with Crippen molar-refractivity contribution in [3.05, 3.63) is 48.2 Å². The summed E-state index contributed by atoms with van der Waals surface area (Å²) in [5.41, 5.74) is 1.80. The summed E-state index contributed by atoms with van der Waals surface area (Å²) in [6.45, 7) is 0. The molecule has 1 aromatic carbocycles. The van der Waals surface area contributed by atoms with Gasteiger partial charge in [0.2, 0.25) is 0 Å². The van der Waals surface area contributed by atoms with Crippen LogP contribution in [0.3, 0.4) is 0 Å². The molecule has 0 saturated heterocycles. The molecule has 2 heterocycles. The van der Waals surface area contributed by atoms with Gasteiger partial charge in [0.15, 0.2) is 11.5 Å². The molecule has 2 aromatic heterocycles. The van der Waals surface area contributed by atoms with Crippen molar-refractivity contribution >= 4 is 17.2 Å². The van der Waals surface area contributed by atoms with Crippen molar-refractivity contribution < 1.29 is 17.9 Å². The molecule has 3 aromatic rings. The third-order valence-electron chi connectivity index (χ3n) is 4.95. The Morgan fingerprint density at radius 1 is 1.14 bits per heavy atom. The van der Waals surface area contributed by atoms with Crippen molar-refractivity contribution in [3.8, 4) is 11.3 Å². The number of benzene rings is 1. The lowest BCUT2D eigenvalue weighted by Gasteiger charge is -2.21. The van der Waals surface area contributed by atoms with E-state index in [0.29, 0.717) is 22.7 Å². The smallest absolute Gasteiger partial charge is 0.381 e. The molecule has 0 amide bonds. The van der Waals surface area contributed by atoms with Gasteiger partial charge in [0.1, 0.15) is 0 Å². The number of aromatic nitrogens is 3. The molecule has 146 valence electrons. The van der Waals surface area contributed by atoms with Crippen molar-refractivity contribution in [1.82, 2.24) is 14.6 Å². The summed E-state index contributed by atoms with van der Waals surface area (Å²) < 4.78 is 46.0. The number of fused-ring (bicyclic) bond motifs is 1. The molecule has 0 N–H and O–H groups in total. The Morgan fingerprint density at radius 3 is 2.64 bits per heavy atom. The summed E-state index contributed by atoms with van der Waals surface area (Å²) in [7, 11) is 1.72. The SMILES string of the molecule is COC1CCC(=Nc2ccc3ncc(-c4cccc(C(F)(F)F)c4)n3n2)CC1. The largest absolute Gasteiger partial charge is 0.416 e. The van der Waals surface area contributed by atoms with Gasteiger partial charge in [0.25, 0.3) is 0 Å². The molecule has 0 unspecified atom stereocenters. The summed E-state index contributed by atoms with van der Waals surface area (Å²) in [5, 5.41) is 4.49. The number of imidazole rings is 1. The van der Waals surface area contributed by atoms with Crippen LogP contribution in [0.2, 0.25) is 0 Å². The molecule has 1 saturated carbocycles. The fourth-order valence-electron chi connectivity index (χ4n) is 3.41. The number of alkyl halides is 3. The first kappa shape index (κ1) is 18.6. The Kier molecular flexibility index (Phi) is 4.89. The molecule has 0 aliphatic heterocycles. The minimum Gasteiger partial charge on any atom is -0.381 e. The maximum absolute atomic E-state index is 13.0. The highest BCUT2D eigenvalue weighted by atomic mass is 19.4. The minimum atomic E-state index is -4.40. The summed E-state index contributed by atoms with van der Waals surface area (Å²) in [6.07, 6.45) is 0.956. The van der Waals surface area contributed by atoms with Crippen molar-refractivity contribution in [2.75, 3.05) is 7.11 Å². The van der Waals surface area contributed by atoms with E-state index in [4.69, 9.17) is 4.74 Å². The second-order valence-corrected chi connectivity index (χ2v) is 6.80. The van der Waals surface area contributed by atoms with Crippen molar-refractivity contribution in [1.29, 1.82) is 0 Å². The van der Waals surface area contributed by atoms with Gasteiger partial charge in [0.05, 0.1) is 23.6 Å². The third kappa shape index (κ3) is 3.77. The molecule has 0 radical (unpaired) electrons. The molecule has 5 nitrogen and oxygen atoms in total. The van der Waals surface area contributed by atoms with Crippen LogP contribution in [0.4, 0.5) is 19.0 Å². The fourth-order valence-corrected chi connectivity index (χ4v) is 3.41. The molecular weight excluding hydrogens is 369 g/mol. The van der Waals surface area contributed by atoms with E-state index < -0.39 is 11.7 Å². The lowest BCUT2D eigenvalue weighted by Crippen LogP contribution is -2.20. The van der Waals surface area contributed by atoms with Crippen molar-refractivity contribution in [2.45, 2.75) is 38.0 Å². The molecule has 1 aliphatic rings. The molecular formula is C20H19F3N4O. The number of hydrogen-bond acceptors (Lipinski definition) is 4. The average molecular weight is 388 g/mol. The Hall–Kier alpha value is -2.74. The first-order valence-corrected chi connectivity index (χ1v) is 9.06. The molecule has 0 spiro atoms. The van der Waals surface area contributed by atoms with Crippen molar-refractivity contribution in [2.24, 2.45) is 4.99 Å². The second-order valence-electron chi connectivity index (χ2n) is 6.80.